The maximum absolute atomic E-state index is 14.0. The van der Waals surface area contributed by atoms with E-state index < -0.39 is 11.7 Å². The van der Waals surface area contributed by atoms with Gasteiger partial charge in [-0.05, 0) is 49.4 Å². The average molecular weight is 424 g/mol. The molecule has 0 bridgehead atoms. The fraction of sp³-hybridized carbons (Fsp3) is 0.0417. The molecule has 5 aromatic rings. The number of halogens is 1. The van der Waals surface area contributed by atoms with Crippen molar-refractivity contribution in [2.24, 2.45) is 0 Å². The highest BCUT2D eigenvalue weighted by atomic mass is 19.1. The van der Waals surface area contributed by atoms with Crippen LogP contribution in [0.2, 0.25) is 0 Å². The number of para-hydroxylation sites is 1. The van der Waals surface area contributed by atoms with Crippen LogP contribution in [0.5, 0.6) is 0 Å². The Hall–Kier alpha value is -4.46. The number of nitrogens with one attached hydrogen (secondary N) is 1. The summed E-state index contributed by atoms with van der Waals surface area (Å²) in [5.74, 6) is -0.485. The van der Waals surface area contributed by atoms with Gasteiger partial charge >= 0.3 is 0 Å². The third-order valence-electron chi connectivity index (χ3n) is 4.92. The number of pyridine rings is 1. The van der Waals surface area contributed by atoms with Gasteiger partial charge in [0, 0.05) is 23.7 Å². The summed E-state index contributed by atoms with van der Waals surface area (Å²) in [6.07, 6.45) is 3.26. The van der Waals surface area contributed by atoms with Gasteiger partial charge in [0.25, 0.3) is 5.91 Å². The lowest BCUT2D eigenvalue weighted by molar-refractivity contribution is 0.102. The van der Waals surface area contributed by atoms with Crippen molar-refractivity contribution in [3.63, 3.8) is 0 Å². The second-order valence-corrected chi connectivity index (χ2v) is 7.16. The highest BCUT2D eigenvalue weighted by molar-refractivity contribution is 6.03. The van der Waals surface area contributed by atoms with E-state index in [1.807, 2.05) is 43.3 Å². The molecular formula is C24H17FN6O. The van der Waals surface area contributed by atoms with Gasteiger partial charge in [0.2, 0.25) is 0 Å². The predicted octanol–water partition coefficient (Wildman–Crippen LogP) is 4.58. The number of benzene rings is 2. The van der Waals surface area contributed by atoms with Crippen molar-refractivity contribution in [3.8, 4) is 17.1 Å². The molecule has 0 aliphatic rings. The van der Waals surface area contributed by atoms with E-state index >= 15 is 0 Å². The standard InChI is InChI=1S/C24H17FN6O/c1-15-5-4-8-23(28-15)31-22(16-9-10-19-20(13-16)27-12-11-26-19)14-21(30-31)24(32)29-18-7-3-2-6-17(18)25/h2-14H,1H3,(H,29,32). The van der Waals surface area contributed by atoms with Crippen LogP contribution >= 0.6 is 0 Å². The summed E-state index contributed by atoms with van der Waals surface area (Å²) in [6, 6.07) is 18.8. The minimum atomic E-state index is -0.525. The van der Waals surface area contributed by atoms with Crippen LogP contribution in [0, 0.1) is 12.7 Å². The molecule has 8 heteroatoms. The van der Waals surface area contributed by atoms with Crippen LogP contribution in [0.4, 0.5) is 10.1 Å². The van der Waals surface area contributed by atoms with Gasteiger partial charge in [-0.1, -0.05) is 24.3 Å². The number of nitrogens with zero attached hydrogens (tertiary/aromatic N) is 5. The van der Waals surface area contributed by atoms with Crippen LogP contribution in [-0.2, 0) is 0 Å². The van der Waals surface area contributed by atoms with Crippen LogP contribution < -0.4 is 5.32 Å². The molecule has 7 nitrogen and oxygen atoms in total. The minimum Gasteiger partial charge on any atom is -0.318 e. The lowest BCUT2D eigenvalue weighted by Crippen LogP contribution is -2.14. The fourth-order valence-corrected chi connectivity index (χ4v) is 3.39. The molecule has 0 aliphatic carbocycles. The highest BCUT2D eigenvalue weighted by Gasteiger charge is 2.19. The van der Waals surface area contributed by atoms with Crippen LogP contribution in [0.3, 0.4) is 0 Å². The first-order chi connectivity index (χ1) is 15.6. The molecule has 32 heavy (non-hydrogen) atoms. The molecule has 0 saturated carbocycles. The lowest BCUT2D eigenvalue weighted by atomic mass is 10.1. The summed E-state index contributed by atoms with van der Waals surface area (Å²) < 4.78 is 15.6. The van der Waals surface area contributed by atoms with E-state index in [1.54, 1.807) is 35.3 Å². The van der Waals surface area contributed by atoms with Crippen LogP contribution in [-0.4, -0.2) is 30.6 Å². The first kappa shape index (κ1) is 19.5. The van der Waals surface area contributed by atoms with Crippen LogP contribution in [0.1, 0.15) is 16.2 Å². The molecule has 1 amide bonds. The van der Waals surface area contributed by atoms with E-state index in [1.165, 1.54) is 12.1 Å². The Kier molecular flexibility index (Phi) is 4.87. The van der Waals surface area contributed by atoms with E-state index in [0.29, 0.717) is 17.0 Å². The summed E-state index contributed by atoms with van der Waals surface area (Å²) in [5.41, 5.74) is 3.94. The Balaban J connectivity index is 1.62. The number of anilines is 1. The maximum Gasteiger partial charge on any atom is 0.276 e. The van der Waals surface area contributed by atoms with Crippen molar-refractivity contribution < 1.29 is 9.18 Å². The van der Waals surface area contributed by atoms with Crippen molar-refractivity contribution in [2.75, 3.05) is 5.32 Å². The Morgan fingerprint density at radius 3 is 2.56 bits per heavy atom. The quantitative estimate of drug-likeness (QED) is 0.457. The van der Waals surface area contributed by atoms with Crippen molar-refractivity contribution in [2.45, 2.75) is 6.92 Å². The number of hydrogen-bond acceptors (Lipinski definition) is 5. The Bertz CT molecular complexity index is 1460. The van der Waals surface area contributed by atoms with Gasteiger partial charge in [0.1, 0.15) is 5.82 Å². The Morgan fingerprint density at radius 1 is 0.938 bits per heavy atom. The van der Waals surface area contributed by atoms with E-state index in [-0.39, 0.29) is 11.4 Å². The SMILES string of the molecule is Cc1cccc(-n2nc(C(=O)Nc3ccccc3F)cc2-c2ccc3nccnc3c2)n1. The summed E-state index contributed by atoms with van der Waals surface area (Å²) in [4.78, 5) is 26.1. The topological polar surface area (TPSA) is 85.6 Å². The summed E-state index contributed by atoms with van der Waals surface area (Å²) in [5, 5.41) is 7.07. The first-order valence-corrected chi connectivity index (χ1v) is 9.89. The number of hydrogen-bond donors (Lipinski definition) is 1. The van der Waals surface area contributed by atoms with Gasteiger partial charge in [-0.3, -0.25) is 14.8 Å². The first-order valence-electron chi connectivity index (χ1n) is 9.89. The highest BCUT2D eigenvalue weighted by Crippen LogP contribution is 2.26. The van der Waals surface area contributed by atoms with Crippen molar-refractivity contribution in [1.82, 2.24) is 24.7 Å². The van der Waals surface area contributed by atoms with E-state index in [4.69, 9.17) is 0 Å². The number of carbonyl (C=O) groups excluding carboxylic acids is 1. The molecule has 3 heterocycles. The number of carbonyl (C=O) groups is 1. The molecule has 156 valence electrons. The van der Waals surface area contributed by atoms with Crippen molar-refractivity contribution in [3.05, 3.63) is 96.3 Å². The van der Waals surface area contributed by atoms with Gasteiger partial charge in [-0.2, -0.15) is 5.10 Å². The summed E-state index contributed by atoms with van der Waals surface area (Å²) in [7, 11) is 0. The second kappa shape index (κ2) is 7.99. The molecular weight excluding hydrogens is 407 g/mol. The van der Waals surface area contributed by atoms with Gasteiger partial charge in [0.15, 0.2) is 11.5 Å². The van der Waals surface area contributed by atoms with E-state index in [0.717, 1.165) is 16.8 Å². The van der Waals surface area contributed by atoms with Gasteiger partial charge in [0.05, 0.1) is 22.4 Å². The number of aryl methyl sites for hydroxylation is 1. The molecule has 1 N–H and O–H groups in total. The zero-order valence-electron chi connectivity index (χ0n) is 17.0. The van der Waals surface area contributed by atoms with Crippen molar-refractivity contribution >= 4 is 22.6 Å². The molecule has 0 radical (unpaired) electrons. The monoisotopic (exact) mass is 424 g/mol. The number of amides is 1. The fourth-order valence-electron chi connectivity index (χ4n) is 3.39. The molecule has 0 atom stereocenters. The normalized spacial score (nSPS) is 10.9. The summed E-state index contributed by atoms with van der Waals surface area (Å²) in [6.45, 7) is 1.88. The maximum atomic E-state index is 14.0. The molecule has 5 rings (SSSR count). The van der Waals surface area contributed by atoms with Gasteiger partial charge in [-0.15, -0.1) is 0 Å². The van der Waals surface area contributed by atoms with Gasteiger partial charge in [-0.25, -0.2) is 14.1 Å². The second-order valence-electron chi connectivity index (χ2n) is 7.16. The molecule has 0 spiro atoms. The average Bonchev–Trinajstić information content (AvgIpc) is 3.26. The van der Waals surface area contributed by atoms with Crippen molar-refractivity contribution in [1.29, 1.82) is 0 Å². The molecule has 0 aliphatic heterocycles. The number of fused-ring (bicyclic) bond motifs is 1. The third-order valence-corrected chi connectivity index (χ3v) is 4.92. The lowest BCUT2D eigenvalue weighted by Gasteiger charge is -2.08. The molecule has 0 saturated heterocycles. The van der Waals surface area contributed by atoms with Crippen LogP contribution in [0.25, 0.3) is 28.1 Å². The van der Waals surface area contributed by atoms with E-state index in [2.05, 4.69) is 25.4 Å². The Morgan fingerprint density at radius 2 is 1.75 bits per heavy atom. The number of rotatable bonds is 4. The predicted molar refractivity (Wildman–Crippen MR) is 119 cm³/mol. The minimum absolute atomic E-state index is 0.0864. The molecule has 3 aromatic heterocycles. The molecule has 0 fully saturated rings. The Labute approximate surface area is 182 Å². The molecule has 2 aromatic carbocycles. The number of aromatic nitrogens is 5. The largest absolute Gasteiger partial charge is 0.318 e. The smallest absolute Gasteiger partial charge is 0.276 e. The zero-order chi connectivity index (χ0) is 22.1. The third kappa shape index (κ3) is 3.69. The van der Waals surface area contributed by atoms with Gasteiger partial charge < -0.3 is 5.32 Å². The van der Waals surface area contributed by atoms with E-state index in [9.17, 15) is 9.18 Å². The molecule has 0 unspecified atom stereocenters. The summed E-state index contributed by atoms with van der Waals surface area (Å²) >= 11 is 0. The van der Waals surface area contributed by atoms with Crippen LogP contribution in [0.15, 0.2) is 79.1 Å². The zero-order valence-corrected chi connectivity index (χ0v) is 17.0.